The Balaban J connectivity index is 2.50. The minimum atomic E-state index is -2.99. The van der Waals surface area contributed by atoms with Gasteiger partial charge >= 0.3 is 0 Å². The first-order valence-electron chi connectivity index (χ1n) is 4.39. The van der Waals surface area contributed by atoms with Gasteiger partial charge in [0.2, 0.25) is 5.91 Å². The van der Waals surface area contributed by atoms with E-state index < -0.39 is 9.84 Å². The van der Waals surface area contributed by atoms with Crippen LogP contribution in [0.2, 0.25) is 0 Å². The Morgan fingerprint density at radius 2 is 1.93 bits per heavy atom. The normalized spacial score (nSPS) is 21.3. The molecule has 1 rings (SSSR count). The Hall–Kier alpha value is -1.31. The summed E-state index contributed by atoms with van der Waals surface area (Å²) in [5, 5.41) is 10.9. The van der Waals surface area contributed by atoms with Crippen molar-refractivity contribution < 1.29 is 18.4 Å². The second-order valence-electron chi connectivity index (χ2n) is 3.30. The number of sulfone groups is 1. The molecule has 3 N–H and O–H groups in total. The number of nitrogens with two attached hydrogens (primary N) is 1. The van der Waals surface area contributed by atoms with Crippen LogP contribution in [0, 0.1) is 0 Å². The van der Waals surface area contributed by atoms with Crippen molar-refractivity contribution in [2.75, 3.05) is 24.6 Å². The van der Waals surface area contributed by atoms with E-state index in [0.29, 0.717) is 0 Å². The lowest BCUT2D eigenvalue weighted by Gasteiger charge is -2.26. The van der Waals surface area contributed by atoms with Crippen LogP contribution in [0.25, 0.3) is 0 Å². The topological polar surface area (TPSA) is 113 Å². The van der Waals surface area contributed by atoms with Crippen molar-refractivity contribution in [3.05, 3.63) is 0 Å². The molecule has 15 heavy (non-hydrogen) atoms. The van der Waals surface area contributed by atoms with Crippen molar-refractivity contribution >= 4 is 21.6 Å². The number of oxime groups is 1. The van der Waals surface area contributed by atoms with Gasteiger partial charge in [0.15, 0.2) is 9.84 Å². The van der Waals surface area contributed by atoms with Crippen molar-refractivity contribution in [1.29, 1.82) is 0 Å². The van der Waals surface area contributed by atoms with Crippen LogP contribution in [0.5, 0.6) is 0 Å². The molecule has 1 fully saturated rings. The average molecular weight is 235 g/mol. The molecule has 0 aromatic rings. The standard InChI is InChI=1S/C7H13N3O4S/c8-6(9-12)5-7(11)10-1-3-15(13,14)4-2-10/h12H,1-5H2,(H2,8,9). The molecule has 1 amide bonds. The van der Waals surface area contributed by atoms with Gasteiger partial charge in [0.05, 0.1) is 17.9 Å². The molecule has 0 aromatic heterocycles. The molecule has 1 aliphatic rings. The maximum atomic E-state index is 11.4. The molecule has 8 heteroatoms. The van der Waals surface area contributed by atoms with Crippen molar-refractivity contribution in [3.63, 3.8) is 0 Å². The molecule has 7 nitrogen and oxygen atoms in total. The van der Waals surface area contributed by atoms with E-state index in [2.05, 4.69) is 5.16 Å². The van der Waals surface area contributed by atoms with E-state index in [4.69, 9.17) is 10.9 Å². The van der Waals surface area contributed by atoms with Crippen LogP contribution in [0.3, 0.4) is 0 Å². The number of carbonyl (C=O) groups is 1. The summed E-state index contributed by atoms with van der Waals surface area (Å²) in [7, 11) is -2.99. The Morgan fingerprint density at radius 1 is 1.40 bits per heavy atom. The number of hydrogen-bond donors (Lipinski definition) is 2. The molecule has 1 heterocycles. The summed E-state index contributed by atoms with van der Waals surface area (Å²) in [6, 6.07) is 0. The van der Waals surface area contributed by atoms with E-state index >= 15 is 0 Å². The fourth-order valence-electron chi connectivity index (χ4n) is 1.26. The monoisotopic (exact) mass is 235 g/mol. The molecule has 0 bridgehead atoms. The number of amidine groups is 1. The highest BCUT2D eigenvalue weighted by Crippen LogP contribution is 2.05. The van der Waals surface area contributed by atoms with E-state index in [9.17, 15) is 13.2 Å². The first-order chi connectivity index (χ1) is 6.94. The Labute approximate surface area is 87.5 Å². The van der Waals surface area contributed by atoms with Crippen LogP contribution >= 0.6 is 0 Å². The van der Waals surface area contributed by atoms with Crippen LogP contribution in [-0.4, -0.2) is 54.9 Å². The van der Waals surface area contributed by atoms with E-state index in [1.165, 1.54) is 4.90 Å². The Kier molecular flexibility index (Phi) is 3.51. The fraction of sp³-hybridized carbons (Fsp3) is 0.714. The molecule has 0 spiro atoms. The van der Waals surface area contributed by atoms with Gasteiger partial charge in [-0.3, -0.25) is 4.79 Å². The lowest BCUT2D eigenvalue weighted by Crippen LogP contribution is -2.44. The summed E-state index contributed by atoms with van der Waals surface area (Å²) in [5.74, 6) is -0.530. The highest BCUT2D eigenvalue weighted by atomic mass is 32.2. The van der Waals surface area contributed by atoms with Crippen LogP contribution in [0.1, 0.15) is 6.42 Å². The number of carbonyl (C=O) groups excluding carboxylic acids is 1. The van der Waals surface area contributed by atoms with Gasteiger partial charge in [-0.15, -0.1) is 0 Å². The molecule has 0 aromatic carbocycles. The quantitative estimate of drug-likeness (QED) is 0.258. The lowest BCUT2D eigenvalue weighted by atomic mass is 10.3. The predicted octanol–water partition coefficient (Wildman–Crippen LogP) is -1.62. The highest BCUT2D eigenvalue weighted by Gasteiger charge is 2.25. The summed E-state index contributed by atoms with van der Waals surface area (Å²) in [5.41, 5.74) is 5.17. The zero-order chi connectivity index (χ0) is 11.5. The molecule has 0 atom stereocenters. The second-order valence-corrected chi connectivity index (χ2v) is 5.60. The Bertz CT molecular complexity index is 362. The van der Waals surface area contributed by atoms with Crippen LogP contribution in [0.15, 0.2) is 5.16 Å². The van der Waals surface area contributed by atoms with Crippen LogP contribution in [-0.2, 0) is 14.6 Å². The van der Waals surface area contributed by atoms with Gasteiger partial charge < -0.3 is 15.8 Å². The van der Waals surface area contributed by atoms with Crippen molar-refractivity contribution in [1.82, 2.24) is 4.90 Å². The summed E-state index contributed by atoms with van der Waals surface area (Å²) in [6.45, 7) is 0.361. The number of hydrogen-bond acceptors (Lipinski definition) is 5. The molecule has 86 valence electrons. The largest absolute Gasteiger partial charge is 0.409 e. The summed E-state index contributed by atoms with van der Waals surface area (Å²) in [4.78, 5) is 12.8. The van der Waals surface area contributed by atoms with Gasteiger partial charge in [0.25, 0.3) is 0 Å². The molecule has 0 unspecified atom stereocenters. The number of rotatable bonds is 2. The second kappa shape index (κ2) is 4.47. The zero-order valence-corrected chi connectivity index (χ0v) is 8.90. The van der Waals surface area contributed by atoms with E-state index in [0.717, 1.165) is 0 Å². The highest BCUT2D eigenvalue weighted by molar-refractivity contribution is 7.91. The van der Waals surface area contributed by atoms with E-state index in [1.54, 1.807) is 0 Å². The smallest absolute Gasteiger partial charge is 0.230 e. The summed E-state index contributed by atoms with van der Waals surface area (Å²) >= 11 is 0. The predicted molar refractivity (Wildman–Crippen MR) is 53.3 cm³/mol. The van der Waals surface area contributed by atoms with Gasteiger partial charge in [-0.1, -0.05) is 5.16 Å². The van der Waals surface area contributed by atoms with Crippen molar-refractivity contribution in [2.45, 2.75) is 6.42 Å². The van der Waals surface area contributed by atoms with Crippen molar-refractivity contribution in [2.24, 2.45) is 10.9 Å². The third-order valence-corrected chi connectivity index (χ3v) is 3.77. The maximum absolute atomic E-state index is 11.4. The molecule has 1 aliphatic heterocycles. The maximum Gasteiger partial charge on any atom is 0.230 e. The van der Waals surface area contributed by atoms with Crippen molar-refractivity contribution in [3.8, 4) is 0 Å². The molecular weight excluding hydrogens is 222 g/mol. The molecule has 0 aliphatic carbocycles. The minimum absolute atomic E-state index is 0.0189. The third kappa shape index (κ3) is 3.39. The SMILES string of the molecule is N/C(CC(=O)N1CCS(=O)(=O)CC1)=N\O. The summed E-state index contributed by atoms with van der Waals surface area (Å²) < 4.78 is 22.1. The molecule has 0 saturated carbocycles. The zero-order valence-electron chi connectivity index (χ0n) is 8.09. The van der Waals surface area contributed by atoms with Gasteiger partial charge in [0, 0.05) is 13.1 Å². The van der Waals surface area contributed by atoms with Crippen LogP contribution in [0.4, 0.5) is 0 Å². The van der Waals surface area contributed by atoms with Gasteiger partial charge in [-0.05, 0) is 0 Å². The minimum Gasteiger partial charge on any atom is -0.409 e. The van der Waals surface area contributed by atoms with Gasteiger partial charge in [-0.2, -0.15) is 0 Å². The number of amides is 1. The molecule has 1 saturated heterocycles. The summed E-state index contributed by atoms with van der Waals surface area (Å²) in [6.07, 6.45) is -0.184. The average Bonchev–Trinajstić information content (AvgIpc) is 2.17. The first-order valence-corrected chi connectivity index (χ1v) is 6.21. The third-order valence-electron chi connectivity index (χ3n) is 2.16. The van der Waals surface area contributed by atoms with E-state index in [1.807, 2.05) is 0 Å². The van der Waals surface area contributed by atoms with E-state index in [-0.39, 0.29) is 42.8 Å². The lowest BCUT2D eigenvalue weighted by molar-refractivity contribution is -0.129. The number of nitrogens with zero attached hydrogens (tertiary/aromatic N) is 2. The fourth-order valence-corrected chi connectivity index (χ4v) is 2.47. The molecular formula is C7H13N3O4S. The van der Waals surface area contributed by atoms with Gasteiger partial charge in [0.1, 0.15) is 5.84 Å². The molecule has 0 radical (unpaired) electrons. The Morgan fingerprint density at radius 3 is 2.40 bits per heavy atom. The van der Waals surface area contributed by atoms with Gasteiger partial charge in [-0.25, -0.2) is 8.42 Å². The first kappa shape index (κ1) is 11.8. The van der Waals surface area contributed by atoms with Crippen LogP contribution < -0.4 is 5.73 Å².